The van der Waals surface area contributed by atoms with Crippen molar-refractivity contribution in [2.45, 2.75) is 6.42 Å². The number of benzene rings is 1. The van der Waals surface area contributed by atoms with Crippen molar-refractivity contribution in [3.8, 4) is 0 Å². The SMILES string of the molecule is O=C(O)Cc1cc(Br)c(Cl)c(Br)c1. The van der Waals surface area contributed by atoms with Crippen molar-refractivity contribution in [3.05, 3.63) is 31.7 Å². The maximum absolute atomic E-state index is 10.4. The number of aliphatic carboxylic acids is 1. The third-order valence-electron chi connectivity index (χ3n) is 1.40. The Balaban J connectivity index is 3.06. The van der Waals surface area contributed by atoms with Crippen LogP contribution in [0.25, 0.3) is 0 Å². The molecule has 13 heavy (non-hydrogen) atoms. The minimum atomic E-state index is -0.860. The summed E-state index contributed by atoms with van der Waals surface area (Å²) < 4.78 is 1.39. The molecule has 0 aliphatic carbocycles. The molecule has 0 saturated carbocycles. The monoisotopic (exact) mass is 326 g/mol. The first-order chi connectivity index (χ1) is 6.00. The maximum Gasteiger partial charge on any atom is 0.307 e. The Labute approximate surface area is 97.2 Å². The molecule has 5 heteroatoms. The second-order valence-corrected chi connectivity index (χ2v) is 4.53. The lowest BCUT2D eigenvalue weighted by atomic mass is 10.2. The Kier molecular flexibility index (Phi) is 3.76. The second kappa shape index (κ2) is 4.44. The minimum Gasteiger partial charge on any atom is -0.481 e. The first-order valence-corrected chi connectivity index (χ1v) is 5.32. The van der Waals surface area contributed by atoms with Gasteiger partial charge in [-0.3, -0.25) is 4.79 Å². The van der Waals surface area contributed by atoms with Crippen molar-refractivity contribution in [1.29, 1.82) is 0 Å². The minimum absolute atomic E-state index is 0.00559. The molecule has 0 aromatic heterocycles. The predicted octanol–water partition coefficient (Wildman–Crippen LogP) is 3.49. The third kappa shape index (κ3) is 2.97. The van der Waals surface area contributed by atoms with Gasteiger partial charge in [0.05, 0.1) is 11.4 Å². The van der Waals surface area contributed by atoms with Gasteiger partial charge >= 0.3 is 5.97 Å². The summed E-state index contributed by atoms with van der Waals surface area (Å²) in [5.41, 5.74) is 0.704. The number of carboxylic acid groups (broad SMARTS) is 1. The highest BCUT2D eigenvalue weighted by Gasteiger charge is 2.07. The van der Waals surface area contributed by atoms with Crippen LogP contribution in [0.15, 0.2) is 21.1 Å². The van der Waals surface area contributed by atoms with Gasteiger partial charge in [0.2, 0.25) is 0 Å². The van der Waals surface area contributed by atoms with E-state index in [-0.39, 0.29) is 6.42 Å². The molecule has 0 unspecified atom stereocenters. The molecule has 0 spiro atoms. The van der Waals surface area contributed by atoms with Crippen LogP contribution in [-0.4, -0.2) is 11.1 Å². The summed E-state index contributed by atoms with van der Waals surface area (Å²) in [6.45, 7) is 0. The molecule has 0 bridgehead atoms. The number of hydrogen-bond acceptors (Lipinski definition) is 1. The molecule has 1 N–H and O–H groups in total. The topological polar surface area (TPSA) is 37.3 Å². The Hall–Kier alpha value is -0.0600. The van der Waals surface area contributed by atoms with E-state index in [9.17, 15) is 4.79 Å². The molecule has 70 valence electrons. The zero-order chi connectivity index (χ0) is 10.0. The van der Waals surface area contributed by atoms with E-state index in [2.05, 4.69) is 31.9 Å². The van der Waals surface area contributed by atoms with Crippen LogP contribution in [-0.2, 0) is 11.2 Å². The highest BCUT2D eigenvalue weighted by Crippen LogP contribution is 2.31. The predicted molar refractivity (Wildman–Crippen MR) is 58.2 cm³/mol. The van der Waals surface area contributed by atoms with E-state index < -0.39 is 5.97 Å². The van der Waals surface area contributed by atoms with Gasteiger partial charge in [0.15, 0.2) is 0 Å². The lowest BCUT2D eigenvalue weighted by Crippen LogP contribution is -1.99. The van der Waals surface area contributed by atoms with Gasteiger partial charge in [-0.15, -0.1) is 0 Å². The Morgan fingerprint density at radius 2 is 1.85 bits per heavy atom. The van der Waals surface area contributed by atoms with Gasteiger partial charge in [-0.2, -0.15) is 0 Å². The van der Waals surface area contributed by atoms with Crippen LogP contribution in [0.1, 0.15) is 5.56 Å². The van der Waals surface area contributed by atoms with Crippen LogP contribution in [0.2, 0.25) is 5.02 Å². The van der Waals surface area contributed by atoms with Gasteiger partial charge in [0.1, 0.15) is 0 Å². The summed E-state index contributed by atoms with van der Waals surface area (Å²) in [5, 5.41) is 9.10. The highest BCUT2D eigenvalue weighted by molar-refractivity contribution is 9.11. The van der Waals surface area contributed by atoms with Crippen molar-refractivity contribution in [1.82, 2.24) is 0 Å². The van der Waals surface area contributed by atoms with Gasteiger partial charge in [-0.1, -0.05) is 11.6 Å². The van der Waals surface area contributed by atoms with Gasteiger partial charge < -0.3 is 5.11 Å². The molecular weight excluding hydrogens is 323 g/mol. The van der Waals surface area contributed by atoms with E-state index >= 15 is 0 Å². The molecule has 0 amide bonds. The largest absolute Gasteiger partial charge is 0.481 e. The van der Waals surface area contributed by atoms with Crippen LogP contribution < -0.4 is 0 Å². The summed E-state index contributed by atoms with van der Waals surface area (Å²) in [7, 11) is 0. The summed E-state index contributed by atoms with van der Waals surface area (Å²) in [6, 6.07) is 3.39. The van der Waals surface area contributed by atoms with E-state index in [1.807, 2.05) is 0 Å². The van der Waals surface area contributed by atoms with E-state index in [1.54, 1.807) is 12.1 Å². The van der Waals surface area contributed by atoms with E-state index in [4.69, 9.17) is 16.7 Å². The molecule has 0 fully saturated rings. The second-order valence-electron chi connectivity index (χ2n) is 2.44. The van der Waals surface area contributed by atoms with Gasteiger partial charge in [-0.25, -0.2) is 0 Å². The van der Waals surface area contributed by atoms with Crippen molar-refractivity contribution in [2.24, 2.45) is 0 Å². The Morgan fingerprint density at radius 1 is 1.38 bits per heavy atom. The molecule has 0 atom stereocenters. The fourth-order valence-corrected chi connectivity index (χ4v) is 2.28. The molecular formula is C8H5Br2ClO2. The lowest BCUT2D eigenvalue weighted by Gasteiger charge is -2.02. The lowest BCUT2D eigenvalue weighted by molar-refractivity contribution is -0.136. The van der Waals surface area contributed by atoms with E-state index in [1.165, 1.54) is 0 Å². The maximum atomic E-state index is 10.4. The summed E-state index contributed by atoms with van der Waals surface area (Å²) in [4.78, 5) is 10.4. The fraction of sp³-hybridized carbons (Fsp3) is 0.125. The number of halogens is 3. The summed E-state index contributed by atoms with van der Waals surface area (Å²) in [5.74, 6) is -0.860. The average molecular weight is 328 g/mol. The molecule has 0 saturated heterocycles. The number of carboxylic acids is 1. The van der Waals surface area contributed by atoms with Crippen molar-refractivity contribution in [3.63, 3.8) is 0 Å². The quantitative estimate of drug-likeness (QED) is 0.844. The Bertz CT molecular complexity index is 329. The zero-order valence-electron chi connectivity index (χ0n) is 6.35. The van der Waals surface area contributed by atoms with Crippen molar-refractivity contribution < 1.29 is 9.90 Å². The van der Waals surface area contributed by atoms with Crippen LogP contribution >= 0.6 is 43.5 Å². The van der Waals surface area contributed by atoms with Crippen LogP contribution in [0.5, 0.6) is 0 Å². The van der Waals surface area contributed by atoms with Crippen LogP contribution in [0.3, 0.4) is 0 Å². The fourth-order valence-electron chi connectivity index (χ4n) is 0.885. The molecule has 1 aromatic rings. The average Bonchev–Trinajstić information content (AvgIpc) is 1.98. The van der Waals surface area contributed by atoms with Gasteiger partial charge in [0.25, 0.3) is 0 Å². The van der Waals surface area contributed by atoms with Gasteiger partial charge in [-0.05, 0) is 49.6 Å². The molecule has 0 radical (unpaired) electrons. The highest BCUT2D eigenvalue weighted by atomic mass is 79.9. The molecule has 2 nitrogen and oxygen atoms in total. The number of carbonyl (C=O) groups is 1. The van der Waals surface area contributed by atoms with Crippen LogP contribution in [0, 0.1) is 0 Å². The normalized spacial score (nSPS) is 10.1. The Morgan fingerprint density at radius 3 is 2.23 bits per heavy atom. The number of hydrogen-bond donors (Lipinski definition) is 1. The molecule has 1 aromatic carbocycles. The standard InChI is InChI=1S/C8H5Br2ClO2/c9-5-1-4(3-7(12)13)2-6(10)8(5)11/h1-2H,3H2,(H,12,13). The molecule has 0 heterocycles. The smallest absolute Gasteiger partial charge is 0.307 e. The van der Waals surface area contributed by atoms with Crippen molar-refractivity contribution in [2.75, 3.05) is 0 Å². The summed E-state index contributed by atoms with van der Waals surface area (Å²) >= 11 is 12.3. The first kappa shape index (κ1) is 11.0. The van der Waals surface area contributed by atoms with Crippen molar-refractivity contribution >= 4 is 49.4 Å². The number of rotatable bonds is 2. The zero-order valence-corrected chi connectivity index (χ0v) is 10.3. The molecule has 1 rings (SSSR count). The first-order valence-electron chi connectivity index (χ1n) is 3.36. The third-order valence-corrected chi connectivity index (χ3v) is 3.51. The summed E-state index contributed by atoms with van der Waals surface area (Å²) in [6.07, 6.45) is -0.00559. The van der Waals surface area contributed by atoms with E-state index in [0.29, 0.717) is 19.5 Å². The van der Waals surface area contributed by atoms with Crippen LogP contribution in [0.4, 0.5) is 0 Å². The van der Waals surface area contributed by atoms with Gasteiger partial charge in [0, 0.05) is 8.95 Å². The molecule has 0 aliphatic rings. The molecule has 0 aliphatic heterocycles. The van der Waals surface area contributed by atoms with E-state index in [0.717, 1.165) is 0 Å².